The van der Waals surface area contributed by atoms with Crippen LogP contribution in [0.4, 0.5) is 18.9 Å². The number of benzene rings is 1. The van der Waals surface area contributed by atoms with Crippen LogP contribution in [0.1, 0.15) is 44.6 Å². The van der Waals surface area contributed by atoms with Gasteiger partial charge in [0.1, 0.15) is 6.07 Å². The van der Waals surface area contributed by atoms with Crippen molar-refractivity contribution in [1.29, 1.82) is 5.26 Å². The number of nitriles is 1. The van der Waals surface area contributed by atoms with Crippen LogP contribution in [0.3, 0.4) is 0 Å². The highest BCUT2D eigenvalue weighted by molar-refractivity contribution is 5.95. The molecule has 2 aromatic rings. The van der Waals surface area contributed by atoms with E-state index < -0.39 is 24.2 Å². The number of aliphatic hydroxyl groups excluding tert-OH is 1. The van der Waals surface area contributed by atoms with E-state index in [1.807, 2.05) is 0 Å². The molecule has 2 saturated heterocycles. The van der Waals surface area contributed by atoms with E-state index in [9.17, 15) is 33.1 Å². The number of likely N-dealkylation sites (tertiary alicyclic amines) is 1. The van der Waals surface area contributed by atoms with Crippen molar-refractivity contribution in [3.63, 3.8) is 0 Å². The molecular weight excluding hydrogens is 499 g/mol. The molecule has 4 rings (SSSR count). The van der Waals surface area contributed by atoms with Gasteiger partial charge in [-0.2, -0.15) is 18.4 Å². The molecule has 0 aliphatic carbocycles. The predicted molar refractivity (Wildman–Crippen MR) is 135 cm³/mol. The third kappa shape index (κ3) is 6.54. The number of fused-ring (bicyclic) bond motifs is 1. The molecule has 1 unspecified atom stereocenters. The van der Waals surface area contributed by atoms with E-state index in [1.165, 1.54) is 6.20 Å². The number of piperidine rings is 2. The molecule has 2 aliphatic heterocycles. The topological polar surface area (TPSA) is 110 Å². The van der Waals surface area contributed by atoms with Crippen molar-refractivity contribution in [2.24, 2.45) is 11.8 Å². The van der Waals surface area contributed by atoms with Crippen molar-refractivity contribution in [3.8, 4) is 6.07 Å². The minimum Gasteiger partial charge on any atom is -0.393 e. The van der Waals surface area contributed by atoms with E-state index in [0.717, 1.165) is 0 Å². The normalized spacial score (nSPS) is 21.7. The zero-order chi connectivity index (χ0) is 27.4. The van der Waals surface area contributed by atoms with Crippen molar-refractivity contribution in [2.45, 2.75) is 57.3 Å². The standard InChI is InChI=1S/C27H32F3N5O3/c1-17(36)11-25(38)34-9-6-18(7-10-34)12-24(37)33-21-13-20(27(28,29)30)15-35(16-21)23-5-4-19(14-31)26-22(23)3-2-8-32-26/h2-5,8,17-18,20-21,36H,6-7,9-13,15-16H2,1H3,(H,33,37)/t17-,20?,21-/m1/s1. The average molecular weight is 532 g/mol. The molecule has 11 heteroatoms. The van der Waals surface area contributed by atoms with Crippen molar-refractivity contribution in [3.05, 3.63) is 36.0 Å². The Kier molecular flexibility index (Phi) is 8.41. The number of amides is 2. The van der Waals surface area contributed by atoms with Gasteiger partial charge in [0.25, 0.3) is 0 Å². The highest BCUT2D eigenvalue weighted by Gasteiger charge is 2.45. The van der Waals surface area contributed by atoms with Gasteiger partial charge in [-0.05, 0) is 56.4 Å². The van der Waals surface area contributed by atoms with Crippen molar-refractivity contribution in [1.82, 2.24) is 15.2 Å². The number of rotatable bonds is 6. The lowest BCUT2D eigenvalue weighted by Gasteiger charge is -2.40. The zero-order valence-corrected chi connectivity index (χ0v) is 21.2. The average Bonchev–Trinajstić information content (AvgIpc) is 2.87. The lowest BCUT2D eigenvalue weighted by atomic mass is 9.90. The Balaban J connectivity index is 1.43. The van der Waals surface area contributed by atoms with Gasteiger partial charge in [-0.15, -0.1) is 0 Å². The number of hydrogen-bond donors (Lipinski definition) is 2. The Morgan fingerprint density at radius 1 is 1.24 bits per heavy atom. The summed E-state index contributed by atoms with van der Waals surface area (Å²) in [4.78, 5) is 32.6. The van der Waals surface area contributed by atoms with Gasteiger partial charge < -0.3 is 20.2 Å². The first-order chi connectivity index (χ1) is 18.0. The summed E-state index contributed by atoms with van der Waals surface area (Å²) in [6, 6.07) is 8.00. The number of aromatic nitrogens is 1. The largest absolute Gasteiger partial charge is 0.393 e. The number of nitrogens with one attached hydrogen (secondary N) is 1. The molecular formula is C27H32F3N5O3. The molecule has 3 atom stereocenters. The summed E-state index contributed by atoms with van der Waals surface area (Å²) in [6.07, 6.45) is -2.28. The molecule has 3 heterocycles. The number of anilines is 1. The first-order valence-corrected chi connectivity index (χ1v) is 12.9. The van der Waals surface area contributed by atoms with E-state index in [2.05, 4.69) is 16.4 Å². The summed E-state index contributed by atoms with van der Waals surface area (Å²) in [7, 11) is 0. The van der Waals surface area contributed by atoms with Crippen molar-refractivity contribution < 1.29 is 27.9 Å². The molecule has 1 aromatic carbocycles. The second kappa shape index (κ2) is 11.6. The van der Waals surface area contributed by atoms with Gasteiger partial charge in [-0.25, -0.2) is 0 Å². The number of halogens is 3. The van der Waals surface area contributed by atoms with Gasteiger partial charge in [0.15, 0.2) is 0 Å². The molecule has 0 radical (unpaired) electrons. The Hall–Kier alpha value is -3.39. The molecule has 2 N–H and O–H groups in total. The first-order valence-electron chi connectivity index (χ1n) is 12.9. The molecule has 0 spiro atoms. The smallest absolute Gasteiger partial charge is 0.393 e. The fraction of sp³-hybridized carbons (Fsp3) is 0.556. The summed E-state index contributed by atoms with van der Waals surface area (Å²) in [5, 5.41) is 22.3. The predicted octanol–water partition coefficient (Wildman–Crippen LogP) is 3.38. The van der Waals surface area contributed by atoms with Gasteiger partial charge in [0.2, 0.25) is 11.8 Å². The maximum atomic E-state index is 13.9. The number of nitrogens with zero attached hydrogens (tertiary/aromatic N) is 4. The Morgan fingerprint density at radius 2 is 1.97 bits per heavy atom. The molecule has 38 heavy (non-hydrogen) atoms. The summed E-state index contributed by atoms with van der Waals surface area (Å²) in [5.41, 5.74) is 1.33. The number of alkyl halides is 3. The minimum absolute atomic E-state index is 0.0391. The van der Waals surface area contributed by atoms with E-state index in [0.29, 0.717) is 48.1 Å². The Labute approximate surface area is 219 Å². The van der Waals surface area contributed by atoms with Gasteiger partial charge in [0.05, 0.1) is 29.5 Å². The van der Waals surface area contributed by atoms with Crippen LogP contribution in [0.15, 0.2) is 30.5 Å². The van der Waals surface area contributed by atoms with Crippen LogP contribution in [-0.2, 0) is 9.59 Å². The Morgan fingerprint density at radius 3 is 2.63 bits per heavy atom. The summed E-state index contributed by atoms with van der Waals surface area (Å²) >= 11 is 0. The van der Waals surface area contributed by atoms with Crippen LogP contribution in [0.2, 0.25) is 0 Å². The number of aliphatic hydroxyl groups is 1. The van der Waals surface area contributed by atoms with Gasteiger partial charge in [-0.1, -0.05) is 0 Å². The van der Waals surface area contributed by atoms with Crippen LogP contribution in [0, 0.1) is 23.2 Å². The monoisotopic (exact) mass is 531 g/mol. The highest BCUT2D eigenvalue weighted by Crippen LogP contribution is 2.37. The lowest BCUT2D eigenvalue weighted by molar-refractivity contribution is -0.178. The summed E-state index contributed by atoms with van der Waals surface area (Å²) in [5.74, 6) is -1.99. The summed E-state index contributed by atoms with van der Waals surface area (Å²) in [6.45, 7) is 2.52. The number of hydrogen-bond acceptors (Lipinski definition) is 6. The van der Waals surface area contributed by atoms with Crippen molar-refractivity contribution >= 4 is 28.4 Å². The highest BCUT2D eigenvalue weighted by atomic mass is 19.4. The third-order valence-corrected chi connectivity index (χ3v) is 7.40. The molecule has 2 aliphatic rings. The number of carbonyl (C=O) groups excluding carboxylic acids is 2. The molecule has 1 aromatic heterocycles. The fourth-order valence-electron chi connectivity index (χ4n) is 5.48. The second-order valence-electron chi connectivity index (χ2n) is 10.4. The minimum atomic E-state index is -4.42. The fourth-order valence-corrected chi connectivity index (χ4v) is 5.48. The van der Waals surface area contributed by atoms with Crippen LogP contribution < -0.4 is 10.2 Å². The number of pyridine rings is 1. The van der Waals surface area contributed by atoms with E-state index in [4.69, 9.17) is 0 Å². The van der Waals surface area contributed by atoms with Crippen LogP contribution in [-0.4, -0.2) is 71.3 Å². The van der Waals surface area contributed by atoms with Crippen LogP contribution in [0.25, 0.3) is 10.9 Å². The molecule has 0 saturated carbocycles. The molecule has 2 fully saturated rings. The lowest BCUT2D eigenvalue weighted by Crippen LogP contribution is -2.54. The SMILES string of the molecule is C[C@@H](O)CC(=O)N1CCC(CC(=O)N[C@@H]2CC(C(F)(F)F)CN(c3ccc(C#N)c4ncccc34)C2)CC1. The van der Waals surface area contributed by atoms with E-state index >= 15 is 0 Å². The van der Waals surface area contributed by atoms with Crippen LogP contribution >= 0.6 is 0 Å². The molecule has 2 amide bonds. The van der Waals surface area contributed by atoms with E-state index in [1.54, 1.807) is 41.0 Å². The summed E-state index contributed by atoms with van der Waals surface area (Å²) < 4.78 is 41.7. The van der Waals surface area contributed by atoms with E-state index in [-0.39, 0.29) is 50.1 Å². The maximum Gasteiger partial charge on any atom is 0.393 e. The first kappa shape index (κ1) is 27.6. The molecule has 8 nitrogen and oxygen atoms in total. The van der Waals surface area contributed by atoms with Gasteiger partial charge in [0, 0.05) is 55.9 Å². The number of carbonyl (C=O) groups is 2. The molecule has 204 valence electrons. The quantitative estimate of drug-likeness (QED) is 0.592. The molecule has 0 bridgehead atoms. The van der Waals surface area contributed by atoms with Crippen molar-refractivity contribution in [2.75, 3.05) is 31.1 Å². The van der Waals surface area contributed by atoms with Gasteiger partial charge >= 0.3 is 6.18 Å². The van der Waals surface area contributed by atoms with Crippen LogP contribution in [0.5, 0.6) is 0 Å². The Bertz CT molecular complexity index is 1200. The zero-order valence-electron chi connectivity index (χ0n) is 21.2. The van der Waals surface area contributed by atoms with Gasteiger partial charge in [-0.3, -0.25) is 14.6 Å². The third-order valence-electron chi connectivity index (χ3n) is 7.40. The maximum absolute atomic E-state index is 13.9. The second-order valence-corrected chi connectivity index (χ2v) is 10.4.